The van der Waals surface area contributed by atoms with Gasteiger partial charge in [-0.1, -0.05) is 57.3 Å². The van der Waals surface area contributed by atoms with Crippen molar-refractivity contribution in [3.05, 3.63) is 41.5 Å². The van der Waals surface area contributed by atoms with E-state index in [0.29, 0.717) is 25.0 Å². The molecule has 0 saturated heterocycles. The zero-order valence-electron chi connectivity index (χ0n) is 14.9. The number of ketones is 2. The molecule has 2 rings (SSSR count). The van der Waals surface area contributed by atoms with Gasteiger partial charge >= 0.3 is 0 Å². The molecule has 0 saturated carbocycles. The summed E-state index contributed by atoms with van der Waals surface area (Å²) >= 11 is 5.41. The molecule has 3 nitrogen and oxygen atoms in total. The van der Waals surface area contributed by atoms with Crippen molar-refractivity contribution in [2.24, 2.45) is 5.92 Å². The van der Waals surface area contributed by atoms with E-state index in [4.69, 9.17) is 17.0 Å². The molecule has 0 spiro atoms. The minimum atomic E-state index is 0. The van der Waals surface area contributed by atoms with Crippen LogP contribution in [0.1, 0.15) is 57.4 Å². The highest BCUT2D eigenvalue weighted by Gasteiger charge is 2.27. The summed E-state index contributed by atoms with van der Waals surface area (Å²) < 4.78 is 5.15. The van der Waals surface area contributed by atoms with Crippen molar-refractivity contribution in [2.45, 2.75) is 40.0 Å². The van der Waals surface area contributed by atoms with E-state index >= 15 is 0 Å². The van der Waals surface area contributed by atoms with Gasteiger partial charge in [-0.3, -0.25) is 9.59 Å². The Balaban J connectivity index is 0.00000185. The predicted octanol–water partition coefficient (Wildman–Crippen LogP) is 4.93. The fourth-order valence-corrected chi connectivity index (χ4v) is 3.07. The van der Waals surface area contributed by atoms with Gasteiger partial charge in [0, 0.05) is 44.3 Å². The molecule has 1 aliphatic carbocycles. The number of allylic oxidation sites excluding steroid dienone is 2. The largest absolute Gasteiger partial charge is 0.385 e. The number of ether oxygens (including phenoxy) is 1. The summed E-state index contributed by atoms with van der Waals surface area (Å²) in [5, 5.41) is 0. The van der Waals surface area contributed by atoms with Crippen LogP contribution in [-0.2, 0) is 9.53 Å². The number of benzene rings is 1. The molecule has 0 N–H and O–H groups in total. The van der Waals surface area contributed by atoms with Gasteiger partial charge in [0.15, 0.2) is 11.6 Å². The minimum Gasteiger partial charge on any atom is -0.385 e. The Labute approximate surface area is 151 Å². The number of carbonyl (C=O) groups is 2. The maximum atomic E-state index is 11.8. The van der Waals surface area contributed by atoms with Gasteiger partial charge in [-0.2, -0.15) is 0 Å². The van der Waals surface area contributed by atoms with Crippen molar-refractivity contribution in [1.82, 2.24) is 0 Å². The topological polar surface area (TPSA) is 43.4 Å². The highest BCUT2D eigenvalue weighted by molar-refractivity contribution is 7.80. The lowest BCUT2D eigenvalue weighted by Crippen LogP contribution is -2.24. The number of hydrogen-bond donors (Lipinski definition) is 0. The first-order chi connectivity index (χ1) is 11.6. The molecule has 0 heterocycles. The molecule has 0 fully saturated rings. The zero-order chi connectivity index (χ0) is 18.1. The number of hydrogen-bond acceptors (Lipinski definition) is 4. The fourth-order valence-electron chi connectivity index (χ4n) is 2.68. The van der Waals surface area contributed by atoms with Crippen LogP contribution in [0.3, 0.4) is 0 Å². The second kappa shape index (κ2) is 10.3. The standard InChI is InChI=1S/C18H20O3S.C2H6.H2/c1-3-17(20)13-6-4-12(5-7-13)16-10-14(19)11-18(22)15(16)8-9-21-2;1-2;/h4-7,10,15H,3,8-9,11H2,1-2H3;1-2H3;1H. The van der Waals surface area contributed by atoms with Gasteiger partial charge in [-0.05, 0) is 23.6 Å². The zero-order valence-corrected chi connectivity index (χ0v) is 15.7. The molecule has 0 amide bonds. The van der Waals surface area contributed by atoms with Crippen LogP contribution in [0.4, 0.5) is 0 Å². The van der Waals surface area contributed by atoms with E-state index in [9.17, 15) is 9.59 Å². The number of rotatable bonds is 6. The molecule has 1 atom stereocenters. The molecule has 24 heavy (non-hydrogen) atoms. The average Bonchev–Trinajstić information content (AvgIpc) is 2.61. The molecule has 1 aliphatic rings. The Bertz CT molecular complexity index is 620. The molecule has 0 bridgehead atoms. The summed E-state index contributed by atoms with van der Waals surface area (Å²) in [4.78, 5) is 24.3. The SMILES string of the molecule is CC.CCC(=O)c1ccc(C2=CC(=O)CC(=S)C2CCOC)cc1.[HH]. The van der Waals surface area contributed by atoms with E-state index in [2.05, 4.69) is 0 Å². The Kier molecular flexibility index (Phi) is 8.72. The van der Waals surface area contributed by atoms with Crippen LogP contribution in [0.25, 0.3) is 5.57 Å². The second-order valence-electron chi connectivity index (χ2n) is 5.40. The molecule has 0 aliphatic heterocycles. The van der Waals surface area contributed by atoms with Crippen molar-refractivity contribution >= 4 is 34.2 Å². The van der Waals surface area contributed by atoms with Gasteiger partial charge < -0.3 is 4.74 Å². The summed E-state index contributed by atoms with van der Waals surface area (Å²) in [7, 11) is 1.66. The lowest BCUT2D eigenvalue weighted by molar-refractivity contribution is -0.113. The summed E-state index contributed by atoms with van der Waals surface area (Å²) in [6.07, 6.45) is 3.28. The first kappa shape index (κ1) is 20.4. The highest BCUT2D eigenvalue weighted by atomic mass is 32.1. The molecular formula is C20H28O3S. The van der Waals surface area contributed by atoms with Gasteiger partial charge in [0.1, 0.15) is 0 Å². The number of thiocarbonyl (C=S) groups is 1. The maximum absolute atomic E-state index is 11.8. The van der Waals surface area contributed by atoms with Gasteiger partial charge in [0.25, 0.3) is 0 Å². The van der Waals surface area contributed by atoms with Gasteiger partial charge in [-0.25, -0.2) is 0 Å². The summed E-state index contributed by atoms with van der Waals surface area (Å²) in [6, 6.07) is 7.43. The maximum Gasteiger partial charge on any atom is 0.162 e. The molecule has 0 aromatic heterocycles. The third-order valence-electron chi connectivity index (χ3n) is 3.90. The molecular weight excluding hydrogens is 320 g/mol. The van der Waals surface area contributed by atoms with Crippen molar-refractivity contribution < 1.29 is 15.8 Å². The fraction of sp³-hybridized carbons (Fsp3) is 0.450. The Morgan fingerprint density at radius 1 is 1.29 bits per heavy atom. The van der Waals surface area contributed by atoms with Crippen LogP contribution in [-0.4, -0.2) is 30.1 Å². The third kappa shape index (κ3) is 5.18. The monoisotopic (exact) mass is 348 g/mol. The average molecular weight is 349 g/mol. The lowest BCUT2D eigenvalue weighted by Gasteiger charge is -2.25. The normalized spacial score (nSPS) is 17.0. The molecule has 1 unspecified atom stereocenters. The predicted molar refractivity (Wildman–Crippen MR) is 105 cm³/mol. The van der Waals surface area contributed by atoms with E-state index < -0.39 is 0 Å². The van der Waals surface area contributed by atoms with Crippen LogP contribution in [0.15, 0.2) is 30.3 Å². The quantitative estimate of drug-likeness (QED) is 0.540. The van der Waals surface area contributed by atoms with E-state index in [-0.39, 0.29) is 18.9 Å². The van der Waals surface area contributed by atoms with Gasteiger partial charge in [0.05, 0.1) is 0 Å². The van der Waals surface area contributed by atoms with E-state index in [1.165, 1.54) is 0 Å². The van der Waals surface area contributed by atoms with E-state index in [0.717, 1.165) is 22.4 Å². The third-order valence-corrected chi connectivity index (χ3v) is 4.33. The van der Waals surface area contributed by atoms with Crippen LogP contribution in [0, 0.1) is 5.92 Å². The summed E-state index contributed by atoms with van der Waals surface area (Å²) in [5.41, 5.74) is 2.59. The van der Waals surface area contributed by atoms with Crippen molar-refractivity contribution in [1.29, 1.82) is 0 Å². The minimum absolute atomic E-state index is 0. The van der Waals surface area contributed by atoms with Gasteiger partial charge in [0.2, 0.25) is 0 Å². The van der Waals surface area contributed by atoms with Crippen LogP contribution in [0.5, 0.6) is 0 Å². The van der Waals surface area contributed by atoms with Gasteiger partial charge in [-0.15, -0.1) is 0 Å². The smallest absolute Gasteiger partial charge is 0.162 e. The van der Waals surface area contributed by atoms with Crippen LogP contribution >= 0.6 is 12.2 Å². The Morgan fingerprint density at radius 3 is 2.46 bits per heavy atom. The second-order valence-corrected chi connectivity index (χ2v) is 5.92. The Morgan fingerprint density at radius 2 is 1.92 bits per heavy atom. The van der Waals surface area contributed by atoms with Crippen LogP contribution < -0.4 is 0 Å². The molecule has 1 aromatic rings. The van der Waals surface area contributed by atoms with Crippen molar-refractivity contribution in [3.63, 3.8) is 0 Å². The molecule has 132 valence electrons. The molecule has 0 radical (unpaired) electrons. The van der Waals surface area contributed by atoms with E-state index in [1.54, 1.807) is 13.2 Å². The molecule has 4 heteroatoms. The van der Waals surface area contributed by atoms with E-state index in [1.807, 2.05) is 45.0 Å². The first-order valence-corrected chi connectivity index (χ1v) is 8.87. The lowest BCUT2D eigenvalue weighted by atomic mass is 9.81. The Hall–Kier alpha value is -1.65. The summed E-state index contributed by atoms with van der Waals surface area (Å²) in [5.74, 6) is 0.217. The first-order valence-electron chi connectivity index (χ1n) is 8.46. The highest BCUT2D eigenvalue weighted by Crippen LogP contribution is 2.32. The van der Waals surface area contributed by atoms with Crippen molar-refractivity contribution in [3.8, 4) is 0 Å². The number of Topliss-reactive ketones (excluding diaryl/α,β-unsaturated/α-hetero) is 1. The number of carbonyl (C=O) groups excluding carboxylic acids is 2. The van der Waals surface area contributed by atoms with Crippen LogP contribution in [0.2, 0.25) is 0 Å². The number of methoxy groups -OCH3 is 1. The summed E-state index contributed by atoms with van der Waals surface area (Å²) in [6.45, 7) is 6.44. The van der Waals surface area contributed by atoms with Crippen molar-refractivity contribution in [2.75, 3.05) is 13.7 Å². The molecule has 1 aromatic carbocycles.